The molecule has 0 aromatic heterocycles. The molecule has 4 nitrogen and oxygen atoms in total. The van der Waals surface area contributed by atoms with Crippen molar-refractivity contribution < 1.29 is 13.2 Å². The Balaban J connectivity index is 1.98. The zero-order chi connectivity index (χ0) is 16.0. The summed E-state index contributed by atoms with van der Waals surface area (Å²) in [5.41, 5.74) is 2.69. The molecule has 0 saturated carbocycles. The molecule has 0 spiro atoms. The lowest BCUT2D eigenvalue weighted by molar-refractivity contribution is 0.338. The van der Waals surface area contributed by atoms with Gasteiger partial charge in [0.2, 0.25) is 10.0 Å². The van der Waals surface area contributed by atoms with Gasteiger partial charge in [-0.3, -0.25) is 0 Å². The first kappa shape index (κ1) is 16.5. The van der Waals surface area contributed by atoms with Crippen LogP contribution >= 0.6 is 0 Å². The lowest BCUT2D eigenvalue weighted by atomic mass is 10.1. The molecule has 5 heteroatoms. The van der Waals surface area contributed by atoms with Crippen molar-refractivity contribution in [2.24, 2.45) is 0 Å². The molecule has 0 heterocycles. The minimum Gasteiger partial charge on any atom is -0.494 e. The number of hydrogen-bond acceptors (Lipinski definition) is 3. The van der Waals surface area contributed by atoms with Crippen molar-refractivity contribution in [2.75, 3.05) is 6.61 Å². The van der Waals surface area contributed by atoms with Gasteiger partial charge in [-0.2, -0.15) is 0 Å². The van der Waals surface area contributed by atoms with E-state index in [9.17, 15) is 8.42 Å². The van der Waals surface area contributed by atoms with Crippen LogP contribution in [0.2, 0.25) is 0 Å². The van der Waals surface area contributed by atoms with E-state index < -0.39 is 10.0 Å². The van der Waals surface area contributed by atoms with E-state index in [2.05, 4.69) is 4.72 Å². The minimum absolute atomic E-state index is 0.0101. The zero-order valence-electron chi connectivity index (χ0n) is 12.9. The summed E-state index contributed by atoms with van der Waals surface area (Å²) in [7, 11) is -3.35. The monoisotopic (exact) mass is 319 g/mol. The zero-order valence-corrected chi connectivity index (χ0v) is 13.7. The SMILES string of the molecule is CCOc1ccc(CNS(=O)(=O)Cc2ccccc2)cc1C. The Hall–Kier alpha value is -1.85. The molecule has 0 radical (unpaired) electrons. The van der Waals surface area contributed by atoms with Crippen LogP contribution in [-0.2, 0) is 22.3 Å². The summed E-state index contributed by atoms with van der Waals surface area (Å²) in [5, 5.41) is 0. The van der Waals surface area contributed by atoms with Crippen LogP contribution in [0.1, 0.15) is 23.6 Å². The number of sulfonamides is 1. The van der Waals surface area contributed by atoms with Crippen molar-refractivity contribution in [1.82, 2.24) is 4.72 Å². The Kier molecular flexibility index (Phi) is 5.57. The summed E-state index contributed by atoms with van der Waals surface area (Å²) < 4.78 is 32.3. The number of ether oxygens (including phenoxy) is 1. The Morgan fingerprint density at radius 1 is 1.05 bits per heavy atom. The van der Waals surface area contributed by atoms with Crippen molar-refractivity contribution in [2.45, 2.75) is 26.1 Å². The number of nitrogens with one attached hydrogen (secondary N) is 1. The fourth-order valence-electron chi connectivity index (χ4n) is 2.18. The van der Waals surface area contributed by atoms with Crippen LogP contribution in [0.25, 0.3) is 0 Å². The van der Waals surface area contributed by atoms with Gasteiger partial charge >= 0.3 is 0 Å². The highest BCUT2D eigenvalue weighted by molar-refractivity contribution is 7.88. The van der Waals surface area contributed by atoms with E-state index in [1.54, 1.807) is 12.1 Å². The maximum Gasteiger partial charge on any atom is 0.216 e. The molecule has 2 aromatic rings. The van der Waals surface area contributed by atoms with Crippen LogP contribution in [0.4, 0.5) is 0 Å². The molecular formula is C17H21NO3S. The van der Waals surface area contributed by atoms with Gasteiger partial charge < -0.3 is 4.74 Å². The molecule has 2 aromatic carbocycles. The van der Waals surface area contributed by atoms with E-state index in [0.717, 1.165) is 22.4 Å². The second-order valence-electron chi connectivity index (χ2n) is 5.10. The molecule has 22 heavy (non-hydrogen) atoms. The predicted molar refractivity (Wildman–Crippen MR) is 88.3 cm³/mol. The largest absolute Gasteiger partial charge is 0.494 e. The predicted octanol–water partition coefficient (Wildman–Crippen LogP) is 3.01. The van der Waals surface area contributed by atoms with Crippen molar-refractivity contribution in [1.29, 1.82) is 0 Å². The number of benzene rings is 2. The van der Waals surface area contributed by atoms with Crippen LogP contribution in [0.15, 0.2) is 48.5 Å². The first-order valence-electron chi connectivity index (χ1n) is 7.24. The molecule has 0 aliphatic carbocycles. The summed E-state index contributed by atoms with van der Waals surface area (Å²) in [6.45, 7) is 4.78. The van der Waals surface area contributed by atoms with Crippen LogP contribution in [0, 0.1) is 6.92 Å². The third-order valence-electron chi connectivity index (χ3n) is 3.23. The van der Waals surface area contributed by atoms with Crippen LogP contribution < -0.4 is 9.46 Å². The maximum atomic E-state index is 12.1. The summed E-state index contributed by atoms with van der Waals surface area (Å²) in [4.78, 5) is 0. The van der Waals surface area contributed by atoms with E-state index in [1.165, 1.54) is 0 Å². The van der Waals surface area contributed by atoms with E-state index in [0.29, 0.717) is 6.61 Å². The normalized spacial score (nSPS) is 11.4. The minimum atomic E-state index is -3.35. The Labute approximate surface area is 132 Å². The summed E-state index contributed by atoms with van der Waals surface area (Å²) in [6.07, 6.45) is 0. The van der Waals surface area contributed by atoms with Gasteiger partial charge in [-0.1, -0.05) is 42.5 Å². The Bertz CT molecular complexity index is 712. The fourth-order valence-corrected chi connectivity index (χ4v) is 3.30. The average molecular weight is 319 g/mol. The van der Waals surface area contributed by atoms with Crippen LogP contribution in [0.3, 0.4) is 0 Å². The van der Waals surface area contributed by atoms with E-state index in [1.807, 2.05) is 50.2 Å². The summed E-state index contributed by atoms with van der Waals surface area (Å²) >= 11 is 0. The van der Waals surface area contributed by atoms with Gasteiger partial charge in [0, 0.05) is 6.54 Å². The molecule has 0 unspecified atom stereocenters. The average Bonchev–Trinajstić information content (AvgIpc) is 2.48. The van der Waals surface area contributed by atoms with Gasteiger partial charge in [-0.05, 0) is 36.6 Å². The molecule has 0 aliphatic rings. The highest BCUT2D eigenvalue weighted by Gasteiger charge is 2.11. The summed E-state index contributed by atoms with van der Waals surface area (Å²) in [6, 6.07) is 14.8. The number of rotatable bonds is 7. The third kappa shape index (κ3) is 4.86. The summed E-state index contributed by atoms with van der Waals surface area (Å²) in [5.74, 6) is 0.822. The van der Waals surface area contributed by atoms with E-state index in [-0.39, 0.29) is 12.3 Å². The topological polar surface area (TPSA) is 55.4 Å². The smallest absolute Gasteiger partial charge is 0.216 e. The fraction of sp³-hybridized carbons (Fsp3) is 0.294. The Morgan fingerprint density at radius 2 is 1.77 bits per heavy atom. The van der Waals surface area contributed by atoms with Gasteiger partial charge in [0.1, 0.15) is 5.75 Å². The first-order valence-corrected chi connectivity index (χ1v) is 8.89. The molecule has 0 amide bonds. The van der Waals surface area contributed by atoms with Crippen molar-refractivity contribution in [3.05, 3.63) is 65.2 Å². The van der Waals surface area contributed by atoms with Crippen LogP contribution in [0.5, 0.6) is 5.75 Å². The van der Waals surface area contributed by atoms with E-state index >= 15 is 0 Å². The number of hydrogen-bond donors (Lipinski definition) is 1. The lowest BCUT2D eigenvalue weighted by Crippen LogP contribution is -2.24. The van der Waals surface area contributed by atoms with Crippen molar-refractivity contribution in [3.8, 4) is 5.75 Å². The molecule has 0 atom stereocenters. The maximum absolute atomic E-state index is 12.1. The second kappa shape index (κ2) is 7.42. The Morgan fingerprint density at radius 3 is 2.41 bits per heavy atom. The first-order chi connectivity index (χ1) is 10.5. The molecule has 0 bridgehead atoms. The molecular weight excluding hydrogens is 298 g/mol. The quantitative estimate of drug-likeness (QED) is 0.853. The van der Waals surface area contributed by atoms with Gasteiger partial charge in [-0.15, -0.1) is 0 Å². The standard InChI is InChI=1S/C17H21NO3S/c1-3-21-17-10-9-16(11-14(17)2)12-18-22(19,20)13-15-7-5-4-6-8-15/h4-11,18H,3,12-13H2,1-2H3. The van der Waals surface area contributed by atoms with E-state index in [4.69, 9.17) is 4.74 Å². The van der Waals surface area contributed by atoms with Gasteiger partial charge in [-0.25, -0.2) is 13.1 Å². The third-order valence-corrected chi connectivity index (χ3v) is 4.53. The lowest BCUT2D eigenvalue weighted by Gasteiger charge is -2.10. The van der Waals surface area contributed by atoms with Crippen molar-refractivity contribution >= 4 is 10.0 Å². The van der Waals surface area contributed by atoms with Gasteiger partial charge in [0.25, 0.3) is 0 Å². The highest BCUT2D eigenvalue weighted by Crippen LogP contribution is 2.19. The number of aryl methyl sites for hydroxylation is 1. The molecule has 0 fully saturated rings. The molecule has 0 aliphatic heterocycles. The van der Waals surface area contributed by atoms with Crippen LogP contribution in [-0.4, -0.2) is 15.0 Å². The van der Waals surface area contributed by atoms with Gasteiger partial charge in [0.15, 0.2) is 0 Å². The molecule has 0 saturated heterocycles. The second-order valence-corrected chi connectivity index (χ2v) is 6.91. The van der Waals surface area contributed by atoms with Gasteiger partial charge in [0.05, 0.1) is 12.4 Å². The molecule has 2 rings (SSSR count). The molecule has 118 valence electrons. The molecule has 1 N–H and O–H groups in total. The van der Waals surface area contributed by atoms with Crippen molar-refractivity contribution in [3.63, 3.8) is 0 Å². The highest BCUT2D eigenvalue weighted by atomic mass is 32.2.